The minimum atomic E-state index is -1.56. The summed E-state index contributed by atoms with van der Waals surface area (Å²) < 4.78 is 5.43. The van der Waals surface area contributed by atoms with Crippen molar-refractivity contribution in [1.82, 2.24) is 31.5 Å². The van der Waals surface area contributed by atoms with E-state index in [4.69, 9.17) is 10.5 Å². The first kappa shape index (κ1) is 55.1. The number of likely N-dealkylation sites (N-methyl/N-ethyl adjacent to an activating group) is 1. The molecule has 0 aromatic rings. The summed E-state index contributed by atoms with van der Waals surface area (Å²) in [4.78, 5) is 119. The molecular weight excluding hydrogens is 803 g/mol. The molecule has 352 valence electrons. The number of carbonyl (C=O) groups excluding carboxylic acids is 8. The number of nitrogens with two attached hydrogens (primary N) is 1. The van der Waals surface area contributed by atoms with Crippen LogP contribution in [0, 0.1) is 17.3 Å². The predicted octanol–water partition coefficient (Wildman–Crippen LogP) is 2.41. The molecule has 18 heteroatoms. The van der Waals surface area contributed by atoms with Gasteiger partial charge in [-0.15, -0.1) is 0 Å². The molecule has 6 atom stereocenters. The Morgan fingerprint density at radius 2 is 1.40 bits per heavy atom. The Morgan fingerprint density at radius 1 is 0.839 bits per heavy atom. The molecule has 1 rings (SSSR count). The van der Waals surface area contributed by atoms with E-state index >= 15 is 0 Å². The molecule has 0 heterocycles. The third-order valence-corrected chi connectivity index (χ3v) is 10.5. The van der Waals surface area contributed by atoms with Crippen molar-refractivity contribution in [3.8, 4) is 0 Å². The van der Waals surface area contributed by atoms with E-state index in [1.165, 1.54) is 14.0 Å². The van der Waals surface area contributed by atoms with Gasteiger partial charge in [-0.05, 0) is 90.5 Å². The van der Waals surface area contributed by atoms with E-state index in [1.54, 1.807) is 34.6 Å². The Hall–Kier alpha value is -4.87. The third kappa shape index (κ3) is 19.0. The molecule has 18 nitrogen and oxygen atoms in total. The second-order valence-electron chi connectivity index (χ2n) is 18.7. The van der Waals surface area contributed by atoms with Gasteiger partial charge >= 0.3 is 11.9 Å². The number of rotatable bonds is 25. The fourth-order valence-electron chi connectivity index (χ4n) is 7.12. The Labute approximate surface area is 367 Å². The van der Waals surface area contributed by atoms with Crippen LogP contribution in [0.25, 0.3) is 0 Å². The number of aliphatic carboxylic acids is 1. The van der Waals surface area contributed by atoms with E-state index in [1.807, 2.05) is 34.6 Å². The van der Waals surface area contributed by atoms with Gasteiger partial charge in [-0.3, -0.25) is 38.4 Å². The zero-order chi connectivity index (χ0) is 47.7. The topological polar surface area (TPSA) is 272 Å². The number of amides is 5. The maximum atomic E-state index is 13.9. The molecule has 0 aliphatic heterocycles. The smallest absolute Gasteiger partial charge is 0.326 e. The molecule has 5 amide bonds. The molecule has 0 radical (unpaired) electrons. The number of ketones is 2. The maximum Gasteiger partial charge on any atom is 0.326 e. The first-order valence-corrected chi connectivity index (χ1v) is 21.8. The summed E-state index contributed by atoms with van der Waals surface area (Å²) >= 11 is 0. The minimum absolute atomic E-state index is 0.0343. The molecule has 0 unspecified atom stereocenters. The first-order valence-electron chi connectivity index (χ1n) is 21.8. The van der Waals surface area contributed by atoms with Gasteiger partial charge in [0.1, 0.15) is 35.8 Å². The van der Waals surface area contributed by atoms with Crippen LogP contribution in [-0.2, 0) is 47.9 Å². The highest BCUT2D eigenvalue weighted by Gasteiger charge is 2.38. The highest BCUT2D eigenvalue weighted by atomic mass is 16.6. The van der Waals surface area contributed by atoms with Crippen LogP contribution in [0.15, 0.2) is 11.3 Å². The van der Waals surface area contributed by atoms with Crippen LogP contribution in [0.4, 0.5) is 0 Å². The van der Waals surface area contributed by atoms with E-state index in [0.29, 0.717) is 37.9 Å². The van der Waals surface area contributed by atoms with Crippen molar-refractivity contribution in [3.63, 3.8) is 0 Å². The van der Waals surface area contributed by atoms with Gasteiger partial charge in [0.25, 0.3) is 0 Å². The van der Waals surface area contributed by atoms with Gasteiger partial charge in [-0.2, -0.15) is 0 Å². The van der Waals surface area contributed by atoms with Crippen LogP contribution in [-0.4, -0.2) is 119 Å². The Bertz CT molecular complexity index is 1630. The van der Waals surface area contributed by atoms with Crippen molar-refractivity contribution in [2.24, 2.45) is 23.0 Å². The highest BCUT2D eigenvalue weighted by molar-refractivity contribution is 6.22. The van der Waals surface area contributed by atoms with Crippen LogP contribution >= 0.6 is 0 Å². The second-order valence-corrected chi connectivity index (χ2v) is 18.7. The van der Waals surface area contributed by atoms with Gasteiger partial charge in [-0.25, -0.2) is 4.79 Å². The van der Waals surface area contributed by atoms with Crippen LogP contribution in [0.3, 0.4) is 0 Å². The number of hydrogen-bond acceptors (Lipinski definition) is 12. The molecule has 8 N–H and O–H groups in total. The van der Waals surface area contributed by atoms with Crippen LogP contribution in [0.2, 0.25) is 0 Å². The average molecular weight is 878 g/mol. The van der Waals surface area contributed by atoms with Crippen molar-refractivity contribution < 1.29 is 53.0 Å². The Morgan fingerprint density at radius 3 is 1.92 bits per heavy atom. The molecule has 0 saturated heterocycles. The normalized spacial score (nSPS) is 16.8. The van der Waals surface area contributed by atoms with Crippen molar-refractivity contribution in [3.05, 3.63) is 11.3 Å². The number of Topliss-reactive ketones (excluding diaryl/α,β-unsaturated/α-hetero) is 2. The number of hydrogen-bond donors (Lipinski definition) is 7. The number of carboxylic acids is 1. The zero-order valence-electron chi connectivity index (χ0n) is 39.1. The maximum absolute atomic E-state index is 13.9. The highest BCUT2D eigenvalue weighted by Crippen LogP contribution is 2.34. The summed E-state index contributed by atoms with van der Waals surface area (Å²) in [6.07, 6.45) is 1.92. The number of unbranched alkanes of at least 4 members (excludes halogenated alkanes) is 1. The molecule has 1 fully saturated rings. The summed E-state index contributed by atoms with van der Waals surface area (Å²) in [6.45, 7) is 19.4. The fraction of sp³-hybridized carbons (Fsp3) is 0.750. The molecule has 0 bridgehead atoms. The standard InChI is InChI=1S/C44H75N7O11/c1-13-26(4)37(42(60)61)51(12)41(59)31(21-25(2)3)50-38(56)28(6)47-40(58)30(22-35(55)62-43(7,8)9)49-39(57)29(48-34(54)18-16-19-45)17-14-15-20-46-27(5)36-32(52)23-44(10,11)24-33(36)53/h25-26,28-31,37,46H,13-24,45H2,1-12H3,(H,47,58)(H,48,54)(H,49,57)(H,50,56)(H,60,61)/t26-,28-,29-,30-,31-,37-/m0/s1. The first-order chi connectivity index (χ1) is 28.6. The van der Waals surface area contributed by atoms with Crippen molar-refractivity contribution in [2.45, 2.75) is 176 Å². The lowest BCUT2D eigenvalue weighted by Gasteiger charge is -2.33. The van der Waals surface area contributed by atoms with Crippen molar-refractivity contribution >= 4 is 53.0 Å². The molecular formula is C44H75N7O11. The lowest BCUT2D eigenvalue weighted by molar-refractivity contribution is -0.156. The molecule has 0 aromatic carbocycles. The number of nitrogens with one attached hydrogen (secondary N) is 5. The van der Waals surface area contributed by atoms with Gasteiger partial charge in [0, 0.05) is 38.6 Å². The molecule has 0 aromatic heterocycles. The third-order valence-electron chi connectivity index (χ3n) is 10.5. The predicted molar refractivity (Wildman–Crippen MR) is 233 cm³/mol. The quantitative estimate of drug-likeness (QED) is 0.0301. The van der Waals surface area contributed by atoms with Crippen molar-refractivity contribution in [1.29, 1.82) is 0 Å². The largest absolute Gasteiger partial charge is 0.480 e. The Balaban J connectivity index is 3.26. The van der Waals surface area contributed by atoms with Crippen LogP contribution < -0.4 is 32.3 Å². The second kappa shape index (κ2) is 25.3. The number of ether oxygens (including phenoxy) is 1. The molecule has 62 heavy (non-hydrogen) atoms. The molecule has 1 aliphatic rings. The van der Waals surface area contributed by atoms with Gasteiger partial charge in [0.15, 0.2) is 11.6 Å². The zero-order valence-corrected chi connectivity index (χ0v) is 39.1. The van der Waals surface area contributed by atoms with Crippen molar-refractivity contribution in [2.75, 3.05) is 20.1 Å². The summed E-state index contributed by atoms with van der Waals surface area (Å²) in [5.74, 6) is -6.45. The summed E-state index contributed by atoms with van der Waals surface area (Å²) in [5.41, 5.74) is 4.88. The average Bonchev–Trinajstić information content (AvgIpc) is 3.13. The lowest BCUT2D eigenvalue weighted by Crippen LogP contribution is -2.59. The number of carboxylic acid groups (broad SMARTS) is 1. The lowest BCUT2D eigenvalue weighted by atomic mass is 9.73. The number of nitrogens with zero attached hydrogens (tertiary/aromatic N) is 1. The summed E-state index contributed by atoms with van der Waals surface area (Å²) in [6, 6.07) is -6.27. The van der Waals surface area contributed by atoms with E-state index in [9.17, 15) is 48.3 Å². The van der Waals surface area contributed by atoms with Crippen LogP contribution in [0.1, 0.15) is 140 Å². The molecule has 1 saturated carbocycles. The van der Waals surface area contributed by atoms with Crippen LogP contribution in [0.5, 0.6) is 0 Å². The van der Waals surface area contributed by atoms with Gasteiger partial charge in [0.05, 0.1) is 12.0 Å². The van der Waals surface area contributed by atoms with E-state index < -0.39 is 89.1 Å². The minimum Gasteiger partial charge on any atom is -0.480 e. The number of esters is 1. The van der Waals surface area contributed by atoms with Gasteiger partial charge in [-0.1, -0.05) is 48.0 Å². The van der Waals surface area contributed by atoms with Gasteiger partial charge < -0.3 is 47.1 Å². The molecule has 0 spiro atoms. The monoisotopic (exact) mass is 878 g/mol. The van der Waals surface area contributed by atoms with E-state index in [2.05, 4.69) is 26.6 Å². The molecule has 1 aliphatic carbocycles. The van der Waals surface area contributed by atoms with Gasteiger partial charge in [0.2, 0.25) is 29.5 Å². The Kier molecular flexibility index (Phi) is 22.5. The van der Waals surface area contributed by atoms with E-state index in [0.717, 1.165) is 4.90 Å². The summed E-state index contributed by atoms with van der Waals surface area (Å²) in [5, 5.41) is 23.4. The SMILES string of the molecule is CC[C@H](C)[C@@H](C(=O)O)N(C)C(=O)[C@H](CC(C)C)NC(=O)[C@H](C)NC(=O)[C@H](CC(=O)OC(C)(C)C)NC(=O)[C@H](CCCCNC(C)=C1C(=O)CC(C)(C)CC1=O)NC(=O)CCCN. The summed E-state index contributed by atoms with van der Waals surface area (Å²) in [7, 11) is 1.37. The van der Waals surface area contributed by atoms with E-state index in [-0.39, 0.29) is 67.6 Å². The number of allylic oxidation sites excluding steroid dienone is 2. The fourth-order valence-corrected chi connectivity index (χ4v) is 7.12. The number of carbonyl (C=O) groups is 9.